The number of rotatable bonds is 5. The minimum atomic E-state index is -0.501. The van der Waals surface area contributed by atoms with Gasteiger partial charge in [0.15, 0.2) is 0 Å². The molecule has 1 aliphatic rings. The molecular weight excluding hydrogens is 448 g/mol. The van der Waals surface area contributed by atoms with Crippen LogP contribution in [0.4, 0.5) is 8.78 Å². The normalized spacial score (nSPS) is 16.7. The SMILES string of the molecule is Fc1cccc(F)c1CN1CCCC(c2cn(-c3ccc4[nH]nc(-c5ccncc5)c4c3)nn2)C1. The Balaban J connectivity index is 1.23. The first-order valence-electron chi connectivity index (χ1n) is 11.6. The minimum absolute atomic E-state index is 0.121. The fraction of sp³-hybridized carbons (Fsp3) is 0.231. The van der Waals surface area contributed by atoms with E-state index in [0.717, 1.165) is 52.9 Å². The van der Waals surface area contributed by atoms with E-state index in [4.69, 9.17) is 0 Å². The van der Waals surface area contributed by atoms with E-state index in [9.17, 15) is 8.78 Å². The molecule has 0 aliphatic carbocycles. The molecule has 1 aliphatic heterocycles. The van der Waals surface area contributed by atoms with Crippen LogP contribution in [-0.2, 0) is 6.54 Å². The Bertz CT molecular complexity index is 1460. The second kappa shape index (κ2) is 8.99. The Hall–Kier alpha value is -3.98. The van der Waals surface area contributed by atoms with Crippen LogP contribution in [0.5, 0.6) is 0 Å². The molecule has 0 saturated carbocycles. The molecule has 0 amide bonds. The molecule has 1 unspecified atom stereocenters. The van der Waals surface area contributed by atoms with Gasteiger partial charge >= 0.3 is 0 Å². The number of H-pyrrole nitrogens is 1. The predicted molar refractivity (Wildman–Crippen MR) is 128 cm³/mol. The number of hydrogen-bond donors (Lipinski definition) is 1. The van der Waals surface area contributed by atoms with Gasteiger partial charge in [0.2, 0.25) is 0 Å². The first-order chi connectivity index (χ1) is 17.2. The lowest BCUT2D eigenvalue weighted by Crippen LogP contribution is -2.34. The number of aromatic amines is 1. The molecular formula is C26H23F2N7. The number of likely N-dealkylation sites (tertiary alicyclic amines) is 1. The number of piperidine rings is 1. The predicted octanol–water partition coefficient (Wildman–Crippen LogP) is 4.86. The topological polar surface area (TPSA) is 75.5 Å². The van der Waals surface area contributed by atoms with Crippen molar-refractivity contribution in [3.63, 3.8) is 0 Å². The summed E-state index contributed by atoms with van der Waals surface area (Å²) >= 11 is 0. The molecule has 1 saturated heterocycles. The van der Waals surface area contributed by atoms with Gasteiger partial charge in [-0.3, -0.25) is 15.0 Å². The van der Waals surface area contributed by atoms with Crippen molar-refractivity contribution in [1.29, 1.82) is 0 Å². The van der Waals surface area contributed by atoms with E-state index in [1.807, 2.05) is 36.5 Å². The number of aromatic nitrogens is 6. The first-order valence-corrected chi connectivity index (χ1v) is 11.6. The molecule has 7 nitrogen and oxygen atoms in total. The maximum absolute atomic E-state index is 14.1. The van der Waals surface area contributed by atoms with Crippen LogP contribution in [0.15, 0.2) is 67.1 Å². The highest BCUT2D eigenvalue weighted by Crippen LogP contribution is 2.30. The summed E-state index contributed by atoms with van der Waals surface area (Å²) in [6, 6.07) is 13.9. The minimum Gasteiger partial charge on any atom is -0.298 e. The van der Waals surface area contributed by atoms with Crippen molar-refractivity contribution in [3.05, 3.63) is 90.0 Å². The fourth-order valence-corrected chi connectivity index (χ4v) is 4.81. The third kappa shape index (κ3) is 4.19. The lowest BCUT2D eigenvalue weighted by atomic mass is 9.95. The Morgan fingerprint density at radius 1 is 1.03 bits per heavy atom. The second-order valence-electron chi connectivity index (χ2n) is 8.90. The van der Waals surface area contributed by atoms with Crippen molar-refractivity contribution in [2.75, 3.05) is 13.1 Å². The van der Waals surface area contributed by atoms with Crippen molar-refractivity contribution >= 4 is 10.9 Å². The van der Waals surface area contributed by atoms with Gasteiger partial charge in [-0.1, -0.05) is 11.3 Å². The van der Waals surface area contributed by atoms with E-state index in [-0.39, 0.29) is 18.0 Å². The third-order valence-electron chi connectivity index (χ3n) is 6.64. The van der Waals surface area contributed by atoms with E-state index in [2.05, 4.69) is 30.4 Å². The molecule has 0 spiro atoms. The number of hydrogen-bond acceptors (Lipinski definition) is 5. The molecule has 35 heavy (non-hydrogen) atoms. The van der Waals surface area contributed by atoms with Crippen molar-refractivity contribution in [3.8, 4) is 16.9 Å². The Morgan fingerprint density at radius 2 is 1.86 bits per heavy atom. The highest BCUT2D eigenvalue weighted by molar-refractivity contribution is 5.94. The quantitative estimate of drug-likeness (QED) is 0.396. The molecule has 1 N–H and O–H groups in total. The molecule has 5 aromatic rings. The summed E-state index contributed by atoms with van der Waals surface area (Å²) in [5.74, 6) is -0.852. The molecule has 4 heterocycles. The number of benzene rings is 2. The number of halogens is 2. The van der Waals surface area contributed by atoms with Gasteiger partial charge in [-0.2, -0.15) is 5.10 Å². The van der Waals surface area contributed by atoms with Gasteiger partial charge < -0.3 is 0 Å². The van der Waals surface area contributed by atoms with Gasteiger partial charge in [0.1, 0.15) is 17.3 Å². The van der Waals surface area contributed by atoms with E-state index in [0.29, 0.717) is 6.54 Å². The fourth-order valence-electron chi connectivity index (χ4n) is 4.81. The van der Waals surface area contributed by atoms with E-state index in [1.54, 1.807) is 17.1 Å². The zero-order valence-electron chi connectivity index (χ0n) is 18.9. The maximum atomic E-state index is 14.1. The highest BCUT2D eigenvalue weighted by Gasteiger charge is 2.25. The smallest absolute Gasteiger partial charge is 0.130 e. The van der Waals surface area contributed by atoms with Crippen LogP contribution in [0, 0.1) is 11.6 Å². The average Bonchev–Trinajstić information content (AvgIpc) is 3.54. The van der Waals surface area contributed by atoms with Crippen molar-refractivity contribution in [1.82, 2.24) is 35.1 Å². The lowest BCUT2D eigenvalue weighted by Gasteiger charge is -2.31. The highest BCUT2D eigenvalue weighted by atomic mass is 19.1. The van der Waals surface area contributed by atoms with Crippen LogP contribution < -0.4 is 0 Å². The van der Waals surface area contributed by atoms with E-state index < -0.39 is 11.6 Å². The van der Waals surface area contributed by atoms with Crippen LogP contribution in [0.2, 0.25) is 0 Å². The van der Waals surface area contributed by atoms with Crippen molar-refractivity contribution < 1.29 is 8.78 Å². The van der Waals surface area contributed by atoms with Gasteiger partial charge in [0, 0.05) is 47.9 Å². The number of pyridine rings is 1. The Kier molecular flexibility index (Phi) is 5.54. The number of nitrogens with zero attached hydrogens (tertiary/aromatic N) is 6. The molecule has 176 valence electrons. The molecule has 3 aromatic heterocycles. The van der Waals surface area contributed by atoms with Gasteiger partial charge in [-0.05, 0) is 61.9 Å². The molecule has 0 radical (unpaired) electrons. The van der Waals surface area contributed by atoms with Gasteiger partial charge in [0.25, 0.3) is 0 Å². The van der Waals surface area contributed by atoms with E-state index >= 15 is 0 Å². The maximum Gasteiger partial charge on any atom is 0.130 e. The molecule has 1 fully saturated rings. The summed E-state index contributed by atoms with van der Waals surface area (Å²) in [7, 11) is 0. The molecule has 6 rings (SSSR count). The molecule has 9 heteroatoms. The number of nitrogens with one attached hydrogen (secondary N) is 1. The Morgan fingerprint density at radius 3 is 2.69 bits per heavy atom. The summed E-state index contributed by atoms with van der Waals surface area (Å²) in [5, 5.41) is 17.4. The monoisotopic (exact) mass is 471 g/mol. The molecule has 0 bridgehead atoms. The standard InChI is InChI=1S/C26H23F2N7/c27-22-4-1-5-23(28)21(22)15-34-12-2-3-18(14-34)25-16-35(33-31-25)19-6-7-24-20(13-19)26(32-30-24)17-8-10-29-11-9-17/h1,4-11,13,16,18H,2-3,12,14-15H2,(H,30,32). The zero-order valence-corrected chi connectivity index (χ0v) is 18.9. The summed E-state index contributed by atoms with van der Waals surface area (Å²) in [5.41, 5.74) is 4.66. The van der Waals surface area contributed by atoms with Crippen LogP contribution in [-0.4, -0.2) is 48.2 Å². The molecule has 1 atom stereocenters. The zero-order chi connectivity index (χ0) is 23.8. The van der Waals surface area contributed by atoms with E-state index in [1.165, 1.54) is 18.2 Å². The lowest BCUT2D eigenvalue weighted by molar-refractivity contribution is 0.194. The van der Waals surface area contributed by atoms with Crippen molar-refractivity contribution in [2.45, 2.75) is 25.3 Å². The number of fused-ring (bicyclic) bond motifs is 1. The summed E-state index contributed by atoms with van der Waals surface area (Å²) in [4.78, 5) is 6.17. The first kappa shape index (κ1) is 21.5. The van der Waals surface area contributed by atoms with Crippen molar-refractivity contribution in [2.24, 2.45) is 0 Å². The van der Waals surface area contributed by atoms with Gasteiger partial charge in [0.05, 0.1) is 23.1 Å². The van der Waals surface area contributed by atoms with Crippen LogP contribution >= 0.6 is 0 Å². The van der Waals surface area contributed by atoms with Crippen LogP contribution in [0.1, 0.15) is 30.0 Å². The average molecular weight is 472 g/mol. The Labute approximate surface area is 200 Å². The third-order valence-corrected chi connectivity index (χ3v) is 6.64. The summed E-state index contributed by atoms with van der Waals surface area (Å²) in [6.45, 7) is 1.73. The van der Waals surface area contributed by atoms with Gasteiger partial charge in [-0.25, -0.2) is 13.5 Å². The van der Waals surface area contributed by atoms with Crippen LogP contribution in [0.3, 0.4) is 0 Å². The summed E-state index contributed by atoms with van der Waals surface area (Å²) < 4.78 is 30.0. The van der Waals surface area contributed by atoms with Crippen LogP contribution in [0.25, 0.3) is 27.8 Å². The second-order valence-corrected chi connectivity index (χ2v) is 8.90. The summed E-state index contributed by atoms with van der Waals surface area (Å²) in [6.07, 6.45) is 7.34. The molecule has 2 aromatic carbocycles. The largest absolute Gasteiger partial charge is 0.298 e. The van der Waals surface area contributed by atoms with Gasteiger partial charge in [-0.15, -0.1) is 5.10 Å².